The van der Waals surface area contributed by atoms with Crippen LogP contribution < -0.4 is 0 Å². The molecule has 0 atom stereocenters. The molecule has 4 nitrogen and oxygen atoms in total. The van der Waals surface area contributed by atoms with Gasteiger partial charge in [0, 0.05) is 0 Å². The van der Waals surface area contributed by atoms with Gasteiger partial charge < -0.3 is 9.47 Å². The van der Waals surface area contributed by atoms with E-state index in [1.165, 1.54) is 38.5 Å². The van der Waals surface area contributed by atoms with E-state index in [4.69, 9.17) is 9.47 Å². The number of hydrogen-bond acceptors (Lipinski definition) is 4. The van der Waals surface area contributed by atoms with Crippen molar-refractivity contribution in [1.82, 2.24) is 0 Å². The maximum Gasteiger partial charge on any atom is 0.306 e. The highest BCUT2D eigenvalue weighted by atomic mass is 16.5. The van der Waals surface area contributed by atoms with Gasteiger partial charge >= 0.3 is 11.9 Å². The van der Waals surface area contributed by atoms with Crippen molar-refractivity contribution in [3.63, 3.8) is 0 Å². The van der Waals surface area contributed by atoms with Crippen LogP contribution in [0.25, 0.3) is 0 Å². The van der Waals surface area contributed by atoms with Crippen LogP contribution in [0.3, 0.4) is 0 Å². The number of ether oxygens (including phenoxy) is 2. The first kappa shape index (κ1) is 24.9. The molecule has 0 aromatic heterocycles. The van der Waals surface area contributed by atoms with Crippen LogP contribution in [0, 0.1) is 10.8 Å². The van der Waals surface area contributed by atoms with E-state index in [0.717, 1.165) is 12.8 Å². The van der Waals surface area contributed by atoms with Crippen molar-refractivity contribution in [3.05, 3.63) is 0 Å². The standard InChI is InChI=1S/C22H42O4/c1-7-25-19(23)17-21(3,4)15-13-11-9-10-12-14-16-22(5,6)18-20(24)26-8-2/h7-18H2,1-6H3. The molecule has 0 spiro atoms. The van der Waals surface area contributed by atoms with Crippen molar-refractivity contribution >= 4 is 11.9 Å². The maximum absolute atomic E-state index is 11.6. The molecule has 0 aromatic carbocycles. The first-order chi connectivity index (χ1) is 12.1. The van der Waals surface area contributed by atoms with Crippen LogP contribution in [0.5, 0.6) is 0 Å². The van der Waals surface area contributed by atoms with Gasteiger partial charge in [-0.15, -0.1) is 0 Å². The number of esters is 2. The number of rotatable bonds is 15. The van der Waals surface area contributed by atoms with Gasteiger partial charge in [0.2, 0.25) is 0 Å². The molecule has 0 rings (SSSR count). The molecule has 0 amide bonds. The van der Waals surface area contributed by atoms with Crippen LogP contribution in [-0.2, 0) is 19.1 Å². The topological polar surface area (TPSA) is 52.6 Å². The molecule has 0 aliphatic rings. The zero-order valence-corrected chi connectivity index (χ0v) is 18.1. The van der Waals surface area contributed by atoms with Gasteiger partial charge in [-0.1, -0.05) is 66.2 Å². The SMILES string of the molecule is CCOC(=O)CC(C)(C)CCCCCCCCC(C)(C)CC(=O)OCC. The first-order valence-corrected chi connectivity index (χ1v) is 10.4. The van der Waals surface area contributed by atoms with Gasteiger partial charge in [-0.25, -0.2) is 0 Å². The Hall–Kier alpha value is -1.06. The lowest BCUT2D eigenvalue weighted by Gasteiger charge is -2.23. The Kier molecular flexibility index (Phi) is 12.6. The molecule has 0 saturated carbocycles. The lowest BCUT2D eigenvalue weighted by Crippen LogP contribution is -2.19. The molecule has 0 N–H and O–H groups in total. The third-order valence-electron chi connectivity index (χ3n) is 4.81. The lowest BCUT2D eigenvalue weighted by atomic mass is 9.83. The highest BCUT2D eigenvalue weighted by Crippen LogP contribution is 2.30. The first-order valence-electron chi connectivity index (χ1n) is 10.4. The van der Waals surface area contributed by atoms with E-state index < -0.39 is 0 Å². The molecule has 0 unspecified atom stereocenters. The van der Waals surface area contributed by atoms with Crippen molar-refractivity contribution < 1.29 is 19.1 Å². The number of carbonyl (C=O) groups excluding carboxylic acids is 2. The van der Waals surface area contributed by atoms with Crippen molar-refractivity contribution in [2.75, 3.05) is 13.2 Å². The summed E-state index contributed by atoms with van der Waals surface area (Å²) in [6.45, 7) is 13.2. The second kappa shape index (κ2) is 13.2. The monoisotopic (exact) mass is 370 g/mol. The molecule has 0 saturated heterocycles. The molecule has 26 heavy (non-hydrogen) atoms. The van der Waals surface area contributed by atoms with E-state index in [-0.39, 0.29) is 22.8 Å². The van der Waals surface area contributed by atoms with E-state index in [1.54, 1.807) is 0 Å². The van der Waals surface area contributed by atoms with Gasteiger partial charge in [-0.3, -0.25) is 9.59 Å². The number of carbonyl (C=O) groups is 2. The Morgan fingerprint density at radius 1 is 0.615 bits per heavy atom. The van der Waals surface area contributed by atoms with E-state index in [1.807, 2.05) is 13.8 Å². The van der Waals surface area contributed by atoms with E-state index >= 15 is 0 Å². The van der Waals surface area contributed by atoms with Gasteiger partial charge in [-0.2, -0.15) is 0 Å². The molecule has 4 heteroatoms. The second-order valence-electron chi connectivity index (χ2n) is 8.91. The Bertz CT molecular complexity index is 361. The average Bonchev–Trinajstić information content (AvgIpc) is 2.49. The second-order valence-corrected chi connectivity index (χ2v) is 8.91. The van der Waals surface area contributed by atoms with Crippen molar-refractivity contribution in [1.29, 1.82) is 0 Å². The number of unbranched alkanes of at least 4 members (excludes halogenated alkanes) is 5. The molecule has 154 valence electrons. The van der Waals surface area contributed by atoms with Crippen LogP contribution >= 0.6 is 0 Å². The fourth-order valence-electron chi connectivity index (χ4n) is 3.30. The third kappa shape index (κ3) is 14.1. The Balaban J connectivity index is 3.72. The fraction of sp³-hybridized carbons (Fsp3) is 0.909. The summed E-state index contributed by atoms with van der Waals surface area (Å²) in [4.78, 5) is 23.2. The van der Waals surface area contributed by atoms with Gasteiger partial charge in [-0.05, 0) is 37.5 Å². The molecule has 0 aromatic rings. The highest BCUT2D eigenvalue weighted by Gasteiger charge is 2.23. The molecule has 0 bridgehead atoms. The summed E-state index contributed by atoms with van der Waals surface area (Å²) in [7, 11) is 0. The summed E-state index contributed by atoms with van der Waals surface area (Å²) < 4.78 is 10.1. The maximum atomic E-state index is 11.6. The zero-order valence-electron chi connectivity index (χ0n) is 18.1. The predicted molar refractivity (Wildman–Crippen MR) is 107 cm³/mol. The molecule has 0 radical (unpaired) electrons. The molecule has 0 fully saturated rings. The van der Waals surface area contributed by atoms with Crippen molar-refractivity contribution in [3.8, 4) is 0 Å². The summed E-state index contributed by atoms with van der Waals surface area (Å²) in [5.41, 5.74) is 0.0623. The fourth-order valence-corrected chi connectivity index (χ4v) is 3.30. The average molecular weight is 371 g/mol. The summed E-state index contributed by atoms with van der Waals surface area (Å²) in [6.07, 6.45) is 10.4. The smallest absolute Gasteiger partial charge is 0.306 e. The van der Waals surface area contributed by atoms with Gasteiger partial charge in [0.15, 0.2) is 0 Å². The van der Waals surface area contributed by atoms with Crippen LogP contribution in [0.2, 0.25) is 0 Å². The van der Waals surface area contributed by atoms with Gasteiger partial charge in [0.05, 0.1) is 26.1 Å². The van der Waals surface area contributed by atoms with Crippen molar-refractivity contribution in [2.45, 2.75) is 106 Å². The Morgan fingerprint density at radius 2 is 0.923 bits per heavy atom. The van der Waals surface area contributed by atoms with Gasteiger partial charge in [0.1, 0.15) is 0 Å². The Labute approximate surface area is 161 Å². The summed E-state index contributed by atoms with van der Waals surface area (Å²) in [5.74, 6) is -0.161. The van der Waals surface area contributed by atoms with Crippen LogP contribution in [0.15, 0.2) is 0 Å². The largest absolute Gasteiger partial charge is 0.466 e. The normalized spacial score (nSPS) is 12.1. The highest BCUT2D eigenvalue weighted by molar-refractivity contribution is 5.70. The summed E-state index contributed by atoms with van der Waals surface area (Å²) in [5, 5.41) is 0. The minimum atomic E-state index is -0.0806. The van der Waals surface area contributed by atoms with Crippen LogP contribution in [-0.4, -0.2) is 25.2 Å². The summed E-state index contributed by atoms with van der Waals surface area (Å²) in [6, 6.07) is 0. The summed E-state index contributed by atoms with van der Waals surface area (Å²) >= 11 is 0. The minimum absolute atomic E-state index is 0.0311. The zero-order chi connectivity index (χ0) is 20.1. The van der Waals surface area contributed by atoms with Crippen molar-refractivity contribution in [2.24, 2.45) is 10.8 Å². The molecule has 0 aliphatic carbocycles. The molecular formula is C22H42O4. The predicted octanol–water partition coefficient (Wildman–Crippen LogP) is 6.07. The minimum Gasteiger partial charge on any atom is -0.466 e. The third-order valence-corrected chi connectivity index (χ3v) is 4.81. The van der Waals surface area contributed by atoms with Crippen LogP contribution in [0.4, 0.5) is 0 Å². The quantitative estimate of drug-likeness (QED) is 0.259. The van der Waals surface area contributed by atoms with E-state index in [0.29, 0.717) is 26.1 Å². The van der Waals surface area contributed by atoms with E-state index in [2.05, 4.69) is 27.7 Å². The van der Waals surface area contributed by atoms with Crippen LogP contribution in [0.1, 0.15) is 106 Å². The number of hydrogen-bond donors (Lipinski definition) is 0. The Morgan fingerprint density at radius 3 is 1.23 bits per heavy atom. The lowest BCUT2D eigenvalue weighted by molar-refractivity contribution is -0.146. The molecule has 0 aliphatic heterocycles. The van der Waals surface area contributed by atoms with Gasteiger partial charge in [0.25, 0.3) is 0 Å². The van der Waals surface area contributed by atoms with E-state index in [9.17, 15) is 9.59 Å². The molecular weight excluding hydrogens is 328 g/mol. The molecule has 0 heterocycles.